The fourth-order valence-corrected chi connectivity index (χ4v) is 1.83. The van der Waals surface area contributed by atoms with E-state index >= 15 is 0 Å². The van der Waals surface area contributed by atoms with Crippen LogP contribution in [0.2, 0.25) is 5.02 Å². The van der Waals surface area contributed by atoms with Crippen LogP contribution in [0, 0.1) is 12.3 Å². The molecule has 0 spiro atoms. The molecule has 1 heteroatoms. The molecule has 0 aliphatic heterocycles. The van der Waals surface area contributed by atoms with E-state index in [9.17, 15) is 0 Å². The molecule has 0 saturated carbocycles. The molecular weight excluding hydrogens is 204 g/mol. The van der Waals surface area contributed by atoms with Crippen LogP contribution in [0.25, 0.3) is 11.1 Å². The van der Waals surface area contributed by atoms with Crippen LogP contribution in [-0.4, -0.2) is 0 Å². The van der Waals surface area contributed by atoms with Crippen LogP contribution in [0.1, 0.15) is 5.56 Å². The highest BCUT2D eigenvalue weighted by Crippen LogP contribution is 2.30. The zero-order valence-corrected chi connectivity index (χ0v) is 8.83. The first kappa shape index (κ1) is 9.83. The van der Waals surface area contributed by atoms with Gasteiger partial charge < -0.3 is 0 Å². The minimum atomic E-state index is 0.691. The van der Waals surface area contributed by atoms with Crippen molar-refractivity contribution < 1.29 is 0 Å². The third-order valence-electron chi connectivity index (χ3n) is 2.23. The van der Waals surface area contributed by atoms with Gasteiger partial charge in [0.05, 0.1) is 0 Å². The number of hydrogen-bond donors (Lipinski definition) is 0. The van der Waals surface area contributed by atoms with Crippen LogP contribution in [0.4, 0.5) is 0 Å². The third kappa shape index (κ3) is 1.88. The Hall–Kier alpha value is -1.71. The normalized spacial score (nSPS) is 9.60. The van der Waals surface area contributed by atoms with Crippen molar-refractivity contribution in [2.75, 3.05) is 0 Å². The molecule has 0 aliphatic carbocycles. The molecule has 15 heavy (non-hydrogen) atoms. The molecule has 0 fully saturated rings. The van der Waals surface area contributed by atoms with Gasteiger partial charge in [-0.3, -0.25) is 0 Å². The first-order chi connectivity index (χ1) is 7.33. The van der Waals surface area contributed by atoms with Gasteiger partial charge in [-0.1, -0.05) is 53.9 Å². The Morgan fingerprint density at radius 2 is 1.67 bits per heavy atom. The topological polar surface area (TPSA) is 0 Å². The average Bonchev–Trinajstić information content (AvgIpc) is 2.29. The Kier molecular flexibility index (Phi) is 2.76. The Bertz CT molecular complexity index is 507. The van der Waals surface area contributed by atoms with Gasteiger partial charge in [0, 0.05) is 16.1 Å². The van der Waals surface area contributed by atoms with Crippen molar-refractivity contribution in [3.8, 4) is 23.5 Å². The Morgan fingerprint density at radius 3 is 2.33 bits per heavy atom. The molecule has 72 valence electrons. The fraction of sp³-hybridized carbons (Fsp3) is 0. The number of halogens is 1. The van der Waals surface area contributed by atoms with Gasteiger partial charge in [-0.2, -0.15) is 0 Å². The van der Waals surface area contributed by atoms with E-state index in [1.54, 1.807) is 0 Å². The molecule has 0 aliphatic rings. The Labute approximate surface area is 94.5 Å². The standard InChI is InChI=1S/C14H9Cl/c1-2-11-9-6-10-13(15)14(11)12-7-4-3-5-8-12/h1,3-10H. The maximum atomic E-state index is 6.15. The molecule has 2 rings (SSSR count). The molecule has 0 bridgehead atoms. The molecule has 0 atom stereocenters. The summed E-state index contributed by atoms with van der Waals surface area (Å²) in [7, 11) is 0. The maximum absolute atomic E-state index is 6.15. The summed E-state index contributed by atoms with van der Waals surface area (Å²) >= 11 is 6.15. The molecule has 0 nitrogen and oxygen atoms in total. The highest BCUT2D eigenvalue weighted by Gasteiger charge is 2.06. The SMILES string of the molecule is C#Cc1cccc(Cl)c1-c1ccccc1. The molecule has 0 unspecified atom stereocenters. The summed E-state index contributed by atoms with van der Waals surface area (Å²) in [6.45, 7) is 0. The predicted octanol–water partition coefficient (Wildman–Crippen LogP) is 3.99. The number of rotatable bonds is 1. The molecule has 2 aromatic carbocycles. The lowest BCUT2D eigenvalue weighted by Crippen LogP contribution is -1.84. The lowest BCUT2D eigenvalue weighted by molar-refractivity contribution is 1.58. The molecule has 0 heterocycles. The van der Waals surface area contributed by atoms with Crippen molar-refractivity contribution in [2.45, 2.75) is 0 Å². The lowest BCUT2D eigenvalue weighted by Gasteiger charge is -2.06. The smallest absolute Gasteiger partial charge is 0.0496 e. The summed E-state index contributed by atoms with van der Waals surface area (Å²) in [5.74, 6) is 2.65. The van der Waals surface area contributed by atoms with E-state index in [2.05, 4.69) is 5.92 Å². The van der Waals surface area contributed by atoms with Crippen LogP contribution < -0.4 is 0 Å². The average molecular weight is 213 g/mol. The van der Waals surface area contributed by atoms with Gasteiger partial charge in [-0.25, -0.2) is 0 Å². The van der Waals surface area contributed by atoms with Crippen LogP contribution in [0.15, 0.2) is 48.5 Å². The molecule has 0 aromatic heterocycles. The quantitative estimate of drug-likeness (QED) is 0.627. The molecule has 0 N–H and O–H groups in total. The summed E-state index contributed by atoms with van der Waals surface area (Å²) in [6, 6.07) is 15.5. The summed E-state index contributed by atoms with van der Waals surface area (Å²) < 4.78 is 0. The Balaban J connectivity index is 2.68. The van der Waals surface area contributed by atoms with Gasteiger partial charge >= 0.3 is 0 Å². The first-order valence-corrected chi connectivity index (χ1v) is 5.01. The second kappa shape index (κ2) is 4.21. The van der Waals surface area contributed by atoms with E-state index in [0.29, 0.717) is 5.02 Å². The second-order valence-electron chi connectivity index (χ2n) is 3.17. The largest absolute Gasteiger partial charge is 0.115 e. The first-order valence-electron chi connectivity index (χ1n) is 4.63. The van der Waals surface area contributed by atoms with Crippen molar-refractivity contribution in [3.63, 3.8) is 0 Å². The van der Waals surface area contributed by atoms with Crippen molar-refractivity contribution in [1.82, 2.24) is 0 Å². The van der Waals surface area contributed by atoms with Crippen LogP contribution >= 0.6 is 11.6 Å². The van der Waals surface area contributed by atoms with Crippen molar-refractivity contribution in [3.05, 3.63) is 59.1 Å². The fourth-order valence-electron chi connectivity index (χ4n) is 1.54. The van der Waals surface area contributed by atoms with Crippen LogP contribution in [-0.2, 0) is 0 Å². The molecule has 0 amide bonds. The van der Waals surface area contributed by atoms with Crippen molar-refractivity contribution in [1.29, 1.82) is 0 Å². The summed E-state index contributed by atoms with van der Waals surface area (Å²) in [4.78, 5) is 0. The summed E-state index contributed by atoms with van der Waals surface area (Å²) in [5, 5.41) is 0.691. The van der Waals surface area contributed by atoms with Gasteiger partial charge in [0.25, 0.3) is 0 Å². The van der Waals surface area contributed by atoms with E-state index < -0.39 is 0 Å². The highest BCUT2D eigenvalue weighted by molar-refractivity contribution is 6.33. The van der Waals surface area contributed by atoms with E-state index in [0.717, 1.165) is 16.7 Å². The third-order valence-corrected chi connectivity index (χ3v) is 2.55. The highest BCUT2D eigenvalue weighted by atomic mass is 35.5. The number of hydrogen-bond acceptors (Lipinski definition) is 0. The van der Waals surface area contributed by atoms with Gasteiger partial charge in [0.15, 0.2) is 0 Å². The van der Waals surface area contributed by atoms with E-state index in [1.807, 2.05) is 48.5 Å². The van der Waals surface area contributed by atoms with Crippen molar-refractivity contribution >= 4 is 11.6 Å². The van der Waals surface area contributed by atoms with Crippen LogP contribution in [0.3, 0.4) is 0 Å². The summed E-state index contributed by atoms with van der Waals surface area (Å²) in [5.41, 5.74) is 2.81. The number of terminal acetylenes is 1. The van der Waals surface area contributed by atoms with E-state index in [1.165, 1.54) is 0 Å². The molecule has 2 aromatic rings. The second-order valence-corrected chi connectivity index (χ2v) is 3.58. The summed E-state index contributed by atoms with van der Waals surface area (Å²) in [6.07, 6.45) is 5.45. The minimum Gasteiger partial charge on any atom is -0.115 e. The van der Waals surface area contributed by atoms with Gasteiger partial charge in [0.2, 0.25) is 0 Å². The van der Waals surface area contributed by atoms with E-state index in [4.69, 9.17) is 18.0 Å². The predicted molar refractivity (Wildman–Crippen MR) is 64.8 cm³/mol. The van der Waals surface area contributed by atoms with Crippen LogP contribution in [0.5, 0.6) is 0 Å². The lowest BCUT2D eigenvalue weighted by atomic mass is 10.0. The molecular formula is C14H9Cl. The zero-order valence-electron chi connectivity index (χ0n) is 8.07. The van der Waals surface area contributed by atoms with Gasteiger partial charge in [0.1, 0.15) is 0 Å². The van der Waals surface area contributed by atoms with E-state index in [-0.39, 0.29) is 0 Å². The monoisotopic (exact) mass is 212 g/mol. The minimum absolute atomic E-state index is 0.691. The number of benzene rings is 2. The molecule has 0 radical (unpaired) electrons. The Morgan fingerprint density at radius 1 is 0.933 bits per heavy atom. The molecule has 0 saturated heterocycles. The maximum Gasteiger partial charge on any atom is 0.0496 e. The van der Waals surface area contributed by atoms with Gasteiger partial charge in [-0.15, -0.1) is 6.42 Å². The zero-order chi connectivity index (χ0) is 10.7. The van der Waals surface area contributed by atoms with Crippen molar-refractivity contribution in [2.24, 2.45) is 0 Å². The van der Waals surface area contributed by atoms with Gasteiger partial charge in [-0.05, 0) is 17.7 Å².